The average Bonchev–Trinajstić information content (AvgIpc) is 2.82. The van der Waals surface area contributed by atoms with Crippen LogP contribution in [0, 0.1) is 5.92 Å². The number of aromatic amines is 1. The Bertz CT molecular complexity index is 617. The number of hydrogen-bond acceptors (Lipinski definition) is 5. The van der Waals surface area contributed by atoms with Gasteiger partial charge in [-0.3, -0.25) is 4.79 Å². The molecule has 2 aromatic rings. The van der Waals surface area contributed by atoms with Gasteiger partial charge in [-0.15, -0.1) is 11.3 Å². The molecule has 0 saturated carbocycles. The zero-order valence-electron chi connectivity index (χ0n) is 12.4. The molecule has 0 aliphatic carbocycles. The van der Waals surface area contributed by atoms with Crippen molar-refractivity contribution < 1.29 is 0 Å². The summed E-state index contributed by atoms with van der Waals surface area (Å²) < 4.78 is 0.697. The first kappa shape index (κ1) is 15.2. The molecule has 2 heterocycles. The van der Waals surface area contributed by atoms with Gasteiger partial charge in [0.25, 0.3) is 5.56 Å². The Morgan fingerprint density at radius 1 is 1.45 bits per heavy atom. The largest absolute Gasteiger partial charge is 0.308 e. The molecular formula is C14H22N4OS. The third kappa shape index (κ3) is 3.65. The highest BCUT2D eigenvalue weighted by Crippen LogP contribution is 2.13. The van der Waals surface area contributed by atoms with Crippen molar-refractivity contribution in [3.63, 3.8) is 0 Å². The lowest BCUT2D eigenvalue weighted by molar-refractivity contribution is 0.286. The Labute approximate surface area is 123 Å². The van der Waals surface area contributed by atoms with Gasteiger partial charge in [0, 0.05) is 12.6 Å². The fourth-order valence-corrected chi connectivity index (χ4v) is 2.86. The highest BCUT2D eigenvalue weighted by molar-refractivity contribution is 7.17. The summed E-state index contributed by atoms with van der Waals surface area (Å²) in [4.78, 5) is 21.4. The van der Waals surface area contributed by atoms with Crippen LogP contribution in [0.25, 0.3) is 10.2 Å². The van der Waals surface area contributed by atoms with E-state index in [1.165, 1.54) is 11.3 Å². The van der Waals surface area contributed by atoms with Crippen molar-refractivity contribution >= 4 is 21.6 Å². The fourth-order valence-electron chi connectivity index (χ4n) is 2.14. The minimum Gasteiger partial charge on any atom is -0.308 e. The number of hydrogen-bond donors (Lipinski definition) is 2. The van der Waals surface area contributed by atoms with E-state index in [2.05, 4.69) is 48.1 Å². The summed E-state index contributed by atoms with van der Waals surface area (Å²) in [5, 5.41) is 5.38. The molecule has 0 radical (unpaired) electrons. The second kappa shape index (κ2) is 6.47. The van der Waals surface area contributed by atoms with E-state index >= 15 is 0 Å². The summed E-state index contributed by atoms with van der Waals surface area (Å²) in [5.74, 6) is 1.22. The Balaban J connectivity index is 2.09. The lowest BCUT2D eigenvalue weighted by Crippen LogP contribution is -2.42. The highest BCUT2D eigenvalue weighted by atomic mass is 32.1. The summed E-state index contributed by atoms with van der Waals surface area (Å²) in [6.45, 7) is 5.93. The lowest BCUT2D eigenvalue weighted by atomic mass is 10.0. The van der Waals surface area contributed by atoms with Gasteiger partial charge < -0.3 is 15.2 Å². The maximum atomic E-state index is 11.9. The molecule has 0 fully saturated rings. The summed E-state index contributed by atoms with van der Waals surface area (Å²) in [6, 6.07) is 2.26. The zero-order chi connectivity index (χ0) is 14.7. The minimum absolute atomic E-state index is 0.0458. The summed E-state index contributed by atoms with van der Waals surface area (Å²) in [7, 11) is 4.13. The van der Waals surface area contributed by atoms with Crippen molar-refractivity contribution in [1.82, 2.24) is 20.2 Å². The van der Waals surface area contributed by atoms with Crippen LogP contribution < -0.4 is 10.9 Å². The van der Waals surface area contributed by atoms with Crippen LogP contribution in [0.15, 0.2) is 16.2 Å². The molecule has 0 bridgehead atoms. The number of likely N-dealkylation sites (N-methyl/N-ethyl adjacent to an activating group) is 1. The molecule has 2 rings (SSSR count). The number of nitrogens with zero attached hydrogens (tertiary/aromatic N) is 2. The Kier molecular flexibility index (Phi) is 4.91. The molecule has 110 valence electrons. The minimum atomic E-state index is -0.0458. The molecule has 5 nitrogen and oxygen atoms in total. The number of thiophene rings is 1. The smallest absolute Gasteiger partial charge is 0.268 e. The van der Waals surface area contributed by atoms with E-state index in [9.17, 15) is 4.79 Å². The lowest BCUT2D eigenvalue weighted by Gasteiger charge is -2.25. The summed E-state index contributed by atoms with van der Waals surface area (Å²) in [5.41, 5.74) is 0.736. The topological polar surface area (TPSA) is 61.0 Å². The Hall–Kier alpha value is -1.24. The summed E-state index contributed by atoms with van der Waals surface area (Å²) >= 11 is 1.43. The van der Waals surface area contributed by atoms with Gasteiger partial charge >= 0.3 is 0 Å². The first-order chi connectivity index (χ1) is 9.47. The Morgan fingerprint density at radius 2 is 2.20 bits per heavy atom. The molecule has 2 N–H and O–H groups in total. The van der Waals surface area contributed by atoms with Crippen LogP contribution in [-0.2, 0) is 6.54 Å². The first-order valence-corrected chi connectivity index (χ1v) is 7.70. The third-order valence-corrected chi connectivity index (χ3v) is 4.16. The molecule has 1 unspecified atom stereocenters. The van der Waals surface area contributed by atoms with Gasteiger partial charge in [-0.25, -0.2) is 4.98 Å². The molecular weight excluding hydrogens is 272 g/mol. The number of nitrogens with one attached hydrogen (secondary N) is 2. The van der Waals surface area contributed by atoms with Crippen LogP contribution in [0.3, 0.4) is 0 Å². The molecule has 6 heteroatoms. The van der Waals surface area contributed by atoms with E-state index in [1.54, 1.807) is 0 Å². The quantitative estimate of drug-likeness (QED) is 0.850. The van der Waals surface area contributed by atoms with E-state index < -0.39 is 0 Å². The van der Waals surface area contributed by atoms with Crippen molar-refractivity contribution in [1.29, 1.82) is 0 Å². The number of aromatic nitrogens is 2. The van der Waals surface area contributed by atoms with Crippen LogP contribution in [0.1, 0.15) is 19.7 Å². The second-order valence-electron chi connectivity index (χ2n) is 5.64. The maximum absolute atomic E-state index is 11.9. The number of H-pyrrole nitrogens is 1. The molecule has 0 spiro atoms. The summed E-state index contributed by atoms with van der Waals surface area (Å²) in [6.07, 6.45) is 0. The zero-order valence-corrected chi connectivity index (χ0v) is 13.3. The van der Waals surface area contributed by atoms with Gasteiger partial charge in [-0.05, 0) is 31.5 Å². The van der Waals surface area contributed by atoms with Crippen LogP contribution in [0.4, 0.5) is 0 Å². The number of rotatable bonds is 6. The number of fused-ring (bicyclic) bond motifs is 1. The second-order valence-corrected chi connectivity index (χ2v) is 6.56. The van der Waals surface area contributed by atoms with Crippen molar-refractivity contribution in [2.75, 3.05) is 20.6 Å². The molecule has 0 saturated heterocycles. The highest BCUT2D eigenvalue weighted by Gasteiger charge is 2.14. The molecule has 0 amide bonds. The van der Waals surface area contributed by atoms with Crippen molar-refractivity contribution in [2.45, 2.75) is 26.4 Å². The van der Waals surface area contributed by atoms with Gasteiger partial charge in [-0.1, -0.05) is 13.8 Å². The fraction of sp³-hybridized carbons (Fsp3) is 0.571. The predicted molar refractivity (Wildman–Crippen MR) is 84.3 cm³/mol. The third-order valence-electron chi connectivity index (χ3n) is 3.26. The van der Waals surface area contributed by atoms with Gasteiger partial charge in [0.1, 0.15) is 10.5 Å². The monoisotopic (exact) mass is 294 g/mol. The Morgan fingerprint density at radius 3 is 2.85 bits per heavy atom. The van der Waals surface area contributed by atoms with Crippen LogP contribution in [-0.4, -0.2) is 41.5 Å². The van der Waals surface area contributed by atoms with E-state index in [0.717, 1.165) is 12.1 Å². The van der Waals surface area contributed by atoms with Gasteiger partial charge in [0.15, 0.2) is 0 Å². The van der Waals surface area contributed by atoms with Gasteiger partial charge in [0.05, 0.1) is 12.1 Å². The molecule has 0 aliphatic rings. The van der Waals surface area contributed by atoms with E-state index in [1.807, 2.05) is 11.4 Å². The van der Waals surface area contributed by atoms with Crippen molar-refractivity contribution in [3.8, 4) is 0 Å². The van der Waals surface area contributed by atoms with E-state index in [0.29, 0.717) is 29.0 Å². The normalized spacial score (nSPS) is 13.5. The van der Waals surface area contributed by atoms with E-state index in [4.69, 9.17) is 0 Å². The molecule has 1 atom stereocenters. The molecule has 0 aromatic carbocycles. The van der Waals surface area contributed by atoms with Crippen molar-refractivity contribution in [3.05, 3.63) is 27.6 Å². The van der Waals surface area contributed by atoms with Crippen LogP contribution in [0.5, 0.6) is 0 Å². The van der Waals surface area contributed by atoms with E-state index in [-0.39, 0.29) is 5.56 Å². The molecule has 0 aliphatic heterocycles. The average molecular weight is 294 g/mol. The molecule has 20 heavy (non-hydrogen) atoms. The van der Waals surface area contributed by atoms with Gasteiger partial charge in [-0.2, -0.15) is 0 Å². The maximum Gasteiger partial charge on any atom is 0.268 e. The van der Waals surface area contributed by atoms with Gasteiger partial charge in [0.2, 0.25) is 0 Å². The first-order valence-electron chi connectivity index (χ1n) is 6.82. The van der Waals surface area contributed by atoms with Crippen molar-refractivity contribution in [2.24, 2.45) is 5.92 Å². The standard InChI is InChI=1S/C14H22N4OS/c1-9(2)11(8-18(3)4)15-7-12-16-10-5-6-20-13(10)14(19)17-12/h5-6,9,11,15H,7-8H2,1-4H3,(H,16,17,19). The SMILES string of the molecule is CC(C)C(CN(C)C)NCc1nc2ccsc2c(=O)[nH]1. The predicted octanol–water partition coefficient (Wildman–Crippen LogP) is 1.66. The molecule has 2 aromatic heterocycles. The van der Waals surface area contributed by atoms with Crippen LogP contribution >= 0.6 is 11.3 Å². The van der Waals surface area contributed by atoms with Crippen LogP contribution in [0.2, 0.25) is 0 Å².